The van der Waals surface area contributed by atoms with Crippen LogP contribution in [-0.2, 0) is 22.5 Å². The number of hydrogen-bond acceptors (Lipinski definition) is 6. The Hall–Kier alpha value is -2.45. The van der Waals surface area contributed by atoms with Crippen LogP contribution >= 0.6 is 11.3 Å². The Morgan fingerprint density at radius 1 is 1.46 bits per heavy atom. The van der Waals surface area contributed by atoms with Gasteiger partial charge in [-0.2, -0.15) is 0 Å². The van der Waals surface area contributed by atoms with Crippen LogP contribution in [0, 0.1) is 5.41 Å². The van der Waals surface area contributed by atoms with Crippen LogP contribution in [0.2, 0.25) is 0 Å². The van der Waals surface area contributed by atoms with Gasteiger partial charge in [0.15, 0.2) is 0 Å². The van der Waals surface area contributed by atoms with E-state index in [1.54, 1.807) is 39.4 Å². The van der Waals surface area contributed by atoms with Crippen LogP contribution in [0.4, 0.5) is 0 Å². The zero-order valence-electron chi connectivity index (χ0n) is 14.8. The first-order valence-electron chi connectivity index (χ1n) is 8.12. The van der Waals surface area contributed by atoms with Crippen molar-refractivity contribution in [1.29, 1.82) is 0 Å². The third-order valence-electron chi connectivity index (χ3n) is 4.22. The van der Waals surface area contributed by atoms with Crippen molar-refractivity contribution in [2.45, 2.75) is 26.8 Å². The zero-order chi connectivity index (χ0) is 18.9. The second-order valence-corrected chi connectivity index (χ2v) is 7.52. The van der Waals surface area contributed by atoms with Crippen LogP contribution < -0.4 is 5.56 Å². The second-order valence-electron chi connectivity index (χ2n) is 6.66. The minimum atomic E-state index is -1.11. The maximum absolute atomic E-state index is 13.2. The lowest BCUT2D eigenvalue weighted by Gasteiger charge is -2.22. The molecule has 0 fully saturated rings. The van der Waals surface area contributed by atoms with Crippen LogP contribution in [0.3, 0.4) is 0 Å². The van der Waals surface area contributed by atoms with Gasteiger partial charge >= 0.3 is 5.97 Å². The zero-order valence-corrected chi connectivity index (χ0v) is 15.6. The summed E-state index contributed by atoms with van der Waals surface area (Å²) in [4.78, 5) is 30.0. The van der Waals surface area contributed by atoms with Gasteiger partial charge in [-0.05, 0) is 26.0 Å². The Bertz CT molecular complexity index is 985. The molecule has 0 aliphatic heterocycles. The molecule has 3 aromatic heterocycles. The lowest BCUT2D eigenvalue weighted by Crippen LogP contribution is -2.36. The Labute approximate surface area is 153 Å². The maximum Gasteiger partial charge on any atom is 0.310 e. The number of carbonyl (C=O) groups is 1. The Kier molecular flexibility index (Phi) is 4.97. The summed E-state index contributed by atoms with van der Waals surface area (Å²) in [6, 6.07) is 3.54. The van der Waals surface area contributed by atoms with Crippen molar-refractivity contribution in [1.82, 2.24) is 9.55 Å². The molecule has 0 atom stereocenters. The highest BCUT2D eigenvalue weighted by atomic mass is 32.1. The number of thiophene rings is 1. The normalized spacial score (nSPS) is 12.0. The first-order chi connectivity index (χ1) is 12.3. The molecule has 1 N–H and O–H groups in total. The first-order valence-corrected chi connectivity index (χ1v) is 9.00. The summed E-state index contributed by atoms with van der Waals surface area (Å²) in [5, 5.41) is 11.8. The molecule has 0 radical (unpaired) electrons. The number of fused-ring (bicyclic) bond motifs is 1. The predicted molar refractivity (Wildman–Crippen MR) is 98.6 cm³/mol. The molecule has 0 unspecified atom stereocenters. The van der Waals surface area contributed by atoms with E-state index in [0.717, 1.165) is 0 Å². The van der Waals surface area contributed by atoms with Crippen LogP contribution in [-0.4, -0.2) is 34.3 Å². The molecule has 7 nitrogen and oxygen atoms in total. The fraction of sp³-hybridized carbons (Fsp3) is 0.389. The average molecular weight is 376 g/mol. The van der Waals surface area contributed by atoms with E-state index in [0.29, 0.717) is 40.4 Å². The number of methoxy groups -OCH3 is 1. The van der Waals surface area contributed by atoms with Gasteiger partial charge in [0.2, 0.25) is 0 Å². The molecule has 0 saturated heterocycles. The third-order valence-corrected chi connectivity index (χ3v) is 5.09. The van der Waals surface area contributed by atoms with Crippen LogP contribution in [0.5, 0.6) is 0 Å². The van der Waals surface area contributed by atoms with Gasteiger partial charge in [-0.3, -0.25) is 14.2 Å². The molecular weight excluding hydrogens is 356 g/mol. The predicted octanol–water partition coefficient (Wildman–Crippen LogP) is 3.02. The first kappa shape index (κ1) is 18.3. The Balaban J connectivity index is 2.21. The number of furan rings is 1. The number of aromatic nitrogens is 2. The fourth-order valence-corrected chi connectivity index (χ4v) is 3.63. The van der Waals surface area contributed by atoms with E-state index in [9.17, 15) is 14.7 Å². The molecule has 0 amide bonds. The van der Waals surface area contributed by atoms with E-state index in [4.69, 9.17) is 9.15 Å². The van der Waals surface area contributed by atoms with Gasteiger partial charge in [0.1, 0.15) is 16.4 Å². The number of nitrogens with zero attached hydrogens (tertiary/aromatic N) is 2. The summed E-state index contributed by atoms with van der Waals surface area (Å²) in [6.45, 7) is 3.60. The standard InChI is InChI=1S/C18H20N2O5S/c1-18(2,17(22)23)10-20-13(6-8-24-3)19-15-14(16(20)21)11(9-26-15)12-5-4-7-25-12/h4-5,7,9H,6,8,10H2,1-3H3,(H,22,23). The number of ether oxygens (including phenoxy) is 1. The summed E-state index contributed by atoms with van der Waals surface area (Å²) < 4.78 is 12.0. The highest BCUT2D eigenvalue weighted by Crippen LogP contribution is 2.31. The number of carboxylic acids is 1. The van der Waals surface area contributed by atoms with Gasteiger partial charge in [-0.1, -0.05) is 0 Å². The van der Waals surface area contributed by atoms with Gasteiger partial charge in [0.05, 0.1) is 23.7 Å². The van der Waals surface area contributed by atoms with Crippen molar-refractivity contribution in [3.05, 3.63) is 40.0 Å². The van der Waals surface area contributed by atoms with E-state index in [1.165, 1.54) is 15.9 Å². The van der Waals surface area contributed by atoms with Crippen LogP contribution in [0.25, 0.3) is 21.5 Å². The quantitative estimate of drug-likeness (QED) is 0.681. The molecule has 0 saturated carbocycles. The van der Waals surface area contributed by atoms with Crippen molar-refractivity contribution in [3.63, 3.8) is 0 Å². The average Bonchev–Trinajstić information content (AvgIpc) is 3.24. The number of aliphatic carboxylic acids is 1. The molecule has 0 aliphatic rings. The molecule has 138 valence electrons. The molecule has 0 spiro atoms. The number of rotatable bonds is 7. The number of hydrogen-bond donors (Lipinski definition) is 1. The van der Waals surface area contributed by atoms with Crippen molar-refractivity contribution >= 4 is 27.5 Å². The second kappa shape index (κ2) is 7.05. The van der Waals surface area contributed by atoms with Crippen molar-refractivity contribution in [3.8, 4) is 11.3 Å². The van der Waals surface area contributed by atoms with Crippen molar-refractivity contribution in [2.24, 2.45) is 5.41 Å². The largest absolute Gasteiger partial charge is 0.481 e. The summed E-state index contributed by atoms with van der Waals surface area (Å²) >= 11 is 1.37. The summed E-state index contributed by atoms with van der Waals surface area (Å²) in [5.74, 6) is 0.133. The molecule has 0 aromatic carbocycles. The van der Waals surface area contributed by atoms with E-state index in [-0.39, 0.29) is 12.1 Å². The van der Waals surface area contributed by atoms with Crippen LogP contribution in [0.1, 0.15) is 19.7 Å². The van der Waals surface area contributed by atoms with E-state index < -0.39 is 11.4 Å². The topological polar surface area (TPSA) is 94.6 Å². The van der Waals surface area contributed by atoms with E-state index >= 15 is 0 Å². The van der Waals surface area contributed by atoms with Gasteiger partial charge < -0.3 is 14.3 Å². The minimum absolute atomic E-state index is 0.0244. The molecule has 0 aliphatic carbocycles. The number of carboxylic acid groups (broad SMARTS) is 1. The van der Waals surface area contributed by atoms with Gasteiger partial charge in [0, 0.05) is 31.0 Å². The maximum atomic E-state index is 13.2. The summed E-state index contributed by atoms with van der Waals surface area (Å²) in [5.41, 5.74) is -0.697. The van der Waals surface area contributed by atoms with E-state index in [2.05, 4.69) is 4.98 Å². The highest BCUT2D eigenvalue weighted by Gasteiger charge is 2.30. The lowest BCUT2D eigenvalue weighted by molar-refractivity contribution is -0.147. The SMILES string of the molecule is COCCc1nc2scc(-c3ccco3)c2c(=O)n1CC(C)(C)C(=O)O. The van der Waals surface area contributed by atoms with E-state index in [1.807, 2.05) is 5.38 Å². The molecule has 0 bridgehead atoms. The Morgan fingerprint density at radius 3 is 2.85 bits per heavy atom. The smallest absolute Gasteiger partial charge is 0.310 e. The van der Waals surface area contributed by atoms with Gasteiger partial charge in [0.25, 0.3) is 5.56 Å². The molecule has 3 heterocycles. The molecular formula is C18H20N2O5S. The monoisotopic (exact) mass is 376 g/mol. The van der Waals surface area contributed by atoms with Crippen LogP contribution in [0.15, 0.2) is 33.0 Å². The fourth-order valence-electron chi connectivity index (χ4n) is 2.69. The van der Waals surface area contributed by atoms with Crippen molar-refractivity contribution < 1.29 is 19.1 Å². The minimum Gasteiger partial charge on any atom is -0.481 e. The van der Waals surface area contributed by atoms with Gasteiger partial charge in [-0.15, -0.1) is 11.3 Å². The van der Waals surface area contributed by atoms with Crippen molar-refractivity contribution in [2.75, 3.05) is 13.7 Å². The molecule has 3 rings (SSSR count). The highest BCUT2D eigenvalue weighted by molar-refractivity contribution is 7.17. The summed E-state index contributed by atoms with van der Waals surface area (Å²) in [7, 11) is 1.57. The third kappa shape index (κ3) is 3.30. The Morgan fingerprint density at radius 2 is 2.23 bits per heavy atom. The molecule has 26 heavy (non-hydrogen) atoms. The molecule has 3 aromatic rings. The summed E-state index contributed by atoms with van der Waals surface area (Å²) in [6.07, 6.45) is 1.97. The lowest BCUT2D eigenvalue weighted by atomic mass is 9.93. The van der Waals surface area contributed by atoms with Gasteiger partial charge in [-0.25, -0.2) is 4.98 Å². The molecule has 8 heteroatoms.